The Hall–Kier alpha value is -3.26. The number of aromatic nitrogens is 2. The van der Waals surface area contributed by atoms with Gasteiger partial charge in [0.15, 0.2) is 0 Å². The van der Waals surface area contributed by atoms with Gasteiger partial charge < -0.3 is 20.7 Å². The second kappa shape index (κ2) is 16.4. The topological polar surface area (TPSA) is 88.2 Å². The number of benzene rings is 1. The van der Waals surface area contributed by atoms with Crippen molar-refractivity contribution < 1.29 is 13.9 Å². The number of nitrogens with one attached hydrogen (secondary N) is 3. The lowest BCUT2D eigenvalue weighted by atomic mass is 10.1. The lowest BCUT2D eigenvalue weighted by Crippen LogP contribution is -2.25. The molecule has 0 aliphatic carbocycles. The molecule has 0 spiro atoms. The molecule has 1 amide bonds. The molecule has 34 heavy (non-hydrogen) atoms. The average molecular weight is 470 g/mol. The van der Waals surface area contributed by atoms with Crippen LogP contribution in [0.1, 0.15) is 54.4 Å². The molecule has 0 atom stereocenters. The van der Waals surface area contributed by atoms with Crippen molar-refractivity contribution >= 4 is 17.7 Å². The molecule has 0 radical (unpaired) electrons. The van der Waals surface area contributed by atoms with Gasteiger partial charge in [-0.05, 0) is 43.4 Å². The van der Waals surface area contributed by atoms with Gasteiger partial charge in [0, 0.05) is 32.4 Å². The average Bonchev–Trinajstić information content (AvgIpc) is 2.85. The molecule has 0 fully saturated rings. The summed E-state index contributed by atoms with van der Waals surface area (Å²) >= 11 is 0. The van der Waals surface area contributed by atoms with Gasteiger partial charge in [-0.25, -0.2) is 9.37 Å². The number of rotatable bonds is 18. The van der Waals surface area contributed by atoms with Crippen LogP contribution in [0.2, 0.25) is 0 Å². The van der Waals surface area contributed by atoms with Crippen molar-refractivity contribution in [2.45, 2.75) is 45.1 Å². The number of anilines is 2. The standard InChI is InChI=1S/C26H36FN5O2/c1-3-5-6-7-8-9-15-29-26-31-20-23(24(32-26)28-16-10-18-34-17-4-2)25(33)30-19-21-11-13-22(27)14-12-21/h3-4,11-14,20H,1-2,5-10,15-19H2,(H,30,33)(H2,28,29,31,32). The number of hydrogen-bond acceptors (Lipinski definition) is 6. The Balaban J connectivity index is 1.94. The second-order valence-electron chi connectivity index (χ2n) is 7.83. The number of amides is 1. The minimum Gasteiger partial charge on any atom is -0.377 e. The summed E-state index contributed by atoms with van der Waals surface area (Å²) in [5, 5.41) is 9.31. The van der Waals surface area contributed by atoms with Crippen LogP contribution in [0.4, 0.5) is 16.2 Å². The van der Waals surface area contributed by atoms with Crippen LogP contribution >= 0.6 is 0 Å². The van der Waals surface area contributed by atoms with Gasteiger partial charge in [-0.3, -0.25) is 4.79 Å². The smallest absolute Gasteiger partial charge is 0.256 e. The van der Waals surface area contributed by atoms with E-state index in [2.05, 4.69) is 39.1 Å². The fraction of sp³-hybridized carbons (Fsp3) is 0.423. The van der Waals surface area contributed by atoms with Crippen molar-refractivity contribution in [3.63, 3.8) is 0 Å². The van der Waals surface area contributed by atoms with Crippen LogP contribution in [0.5, 0.6) is 0 Å². The minimum absolute atomic E-state index is 0.278. The summed E-state index contributed by atoms with van der Waals surface area (Å²) in [5.74, 6) is 0.325. The first kappa shape index (κ1) is 27.0. The van der Waals surface area contributed by atoms with Crippen LogP contribution in [0.15, 0.2) is 55.8 Å². The molecule has 0 unspecified atom stereocenters. The number of allylic oxidation sites excluding steroid dienone is 1. The van der Waals surface area contributed by atoms with Gasteiger partial charge >= 0.3 is 0 Å². The number of halogens is 1. The third-order valence-corrected chi connectivity index (χ3v) is 5.01. The fourth-order valence-electron chi connectivity index (χ4n) is 3.16. The van der Waals surface area contributed by atoms with Gasteiger partial charge in [-0.15, -0.1) is 13.2 Å². The highest BCUT2D eigenvalue weighted by Crippen LogP contribution is 2.15. The largest absolute Gasteiger partial charge is 0.377 e. The van der Waals surface area contributed by atoms with Crippen LogP contribution < -0.4 is 16.0 Å². The van der Waals surface area contributed by atoms with E-state index in [0.29, 0.717) is 37.1 Å². The van der Waals surface area contributed by atoms with Crippen molar-refractivity contribution in [3.8, 4) is 0 Å². The monoisotopic (exact) mass is 469 g/mol. The van der Waals surface area contributed by atoms with E-state index >= 15 is 0 Å². The Kier molecular flexibility index (Phi) is 13.0. The highest BCUT2D eigenvalue weighted by Gasteiger charge is 2.15. The maximum absolute atomic E-state index is 13.1. The van der Waals surface area contributed by atoms with Gasteiger partial charge in [-0.2, -0.15) is 4.98 Å². The van der Waals surface area contributed by atoms with Crippen LogP contribution in [0.25, 0.3) is 0 Å². The van der Waals surface area contributed by atoms with E-state index < -0.39 is 0 Å². The van der Waals surface area contributed by atoms with E-state index in [1.807, 2.05) is 6.08 Å². The molecule has 3 N–H and O–H groups in total. The maximum atomic E-state index is 13.1. The fourth-order valence-corrected chi connectivity index (χ4v) is 3.16. The van der Waals surface area contributed by atoms with Crippen LogP contribution in [-0.2, 0) is 11.3 Å². The summed E-state index contributed by atoms with van der Waals surface area (Å²) in [6.07, 6.45) is 11.5. The first-order valence-electron chi connectivity index (χ1n) is 11.8. The zero-order valence-electron chi connectivity index (χ0n) is 19.8. The zero-order chi connectivity index (χ0) is 24.4. The van der Waals surface area contributed by atoms with E-state index in [4.69, 9.17) is 4.74 Å². The molecule has 0 saturated heterocycles. The van der Waals surface area contributed by atoms with Crippen LogP contribution in [0, 0.1) is 5.82 Å². The number of hydrogen-bond donors (Lipinski definition) is 3. The predicted molar refractivity (Wildman–Crippen MR) is 135 cm³/mol. The molecular weight excluding hydrogens is 433 g/mol. The van der Waals surface area contributed by atoms with E-state index in [9.17, 15) is 9.18 Å². The molecule has 184 valence electrons. The summed E-state index contributed by atoms with van der Waals surface area (Å²) in [6, 6.07) is 6.01. The normalized spacial score (nSPS) is 10.5. The third kappa shape index (κ3) is 10.6. The van der Waals surface area contributed by atoms with Crippen molar-refractivity contribution in [2.75, 3.05) is 36.9 Å². The quantitative estimate of drug-likeness (QED) is 0.208. The van der Waals surface area contributed by atoms with E-state index in [1.54, 1.807) is 18.2 Å². The Morgan fingerprint density at radius 2 is 1.76 bits per heavy atom. The Morgan fingerprint density at radius 3 is 2.53 bits per heavy atom. The zero-order valence-corrected chi connectivity index (χ0v) is 19.8. The molecule has 1 aromatic heterocycles. The molecule has 0 aliphatic heterocycles. The summed E-state index contributed by atoms with van der Waals surface area (Å²) in [4.78, 5) is 21.7. The number of carbonyl (C=O) groups is 1. The lowest BCUT2D eigenvalue weighted by Gasteiger charge is -2.13. The third-order valence-electron chi connectivity index (χ3n) is 5.01. The first-order chi connectivity index (χ1) is 16.6. The summed E-state index contributed by atoms with van der Waals surface area (Å²) in [5.41, 5.74) is 1.15. The molecule has 2 aromatic rings. The second-order valence-corrected chi connectivity index (χ2v) is 7.83. The summed E-state index contributed by atoms with van der Waals surface area (Å²) in [6.45, 7) is 10.1. The highest BCUT2D eigenvalue weighted by atomic mass is 19.1. The summed E-state index contributed by atoms with van der Waals surface area (Å²) < 4.78 is 18.5. The Morgan fingerprint density at radius 1 is 1.00 bits per heavy atom. The van der Waals surface area contributed by atoms with Gasteiger partial charge in [0.2, 0.25) is 5.95 Å². The van der Waals surface area contributed by atoms with E-state index in [-0.39, 0.29) is 18.3 Å². The SMILES string of the molecule is C=CCCCCCCNc1ncc(C(=O)NCc2ccc(F)cc2)c(NCCCOCC=C)n1. The highest BCUT2D eigenvalue weighted by molar-refractivity contribution is 5.98. The van der Waals surface area contributed by atoms with Crippen LogP contribution in [-0.4, -0.2) is 42.2 Å². The molecule has 0 aliphatic rings. The van der Waals surface area contributed by atoms with Gasteiger partial charge in [-0.1, -0.05) is 37.1 Å². The van der Waals surface area contributed by atoms with Crippen molar-refractivity contribution in [3.05, 3.63) is 72.7 Å². The van der Waals surface area contributed by atoms with Crippen molar-refractivity contribution in [1.29, 1.82) is 0 Å². The lowest BCUT2D eigenvalue weighted by molar-refractivity contribution is 0.0951. The molecule has 0 bridgehead atoms. The molecule has 1 aromatic carbocycles. The Labute approximate surface area is 201 Å². The van der Waals surface area contributed by atoms with Gasteiger partial charge in [0.25, 0.3) is 5.91 Å². The number of ether oxygens (including phenoxy) is 1. The molecule has 1 heterocycles. The van der Waals surface area contributed by atoms with Crippen LogP contribution in [0.3, 0.4) is 0 Å². The van der Waals surface area contributed by atoms with E-state index in [1.165, 1.54) is 24.8 Å². The molecule has 8 heteroatoms. The number of nitrogens with zero attached hydrogens (tertiary/aromatic N) is 2. The molecule has 7 nitrogen and oxygen atoms in total. The molecule has 2 rings (SSSR count). The van der Waals surface area contributed by atoms with Crippen molar-refractivity contribution in [2.24, 2.45) is 0 Å². The predicted octanol–water partition coefficient (Wildman–Crippen LogP) is 5.10. The molecular formula is C26H36FN5O2. The summed E-state index contributed by atoms with van der Waals surface area (Å²) in [7, 11) is 0. The minimum atomic E-state index is -0.313. The number of unbranched alkanes of at least 4 members (excludes halogenated alkanes) is 4. The Bertz CT molecular complexity index is 889. The van der Waals surface area contributed by atoms with Gasteiger partial charge in [0.1, 0.15) is 17.2 Å². The maximum Gasteiger partial charge on any atom is 0.256 e. The first-order valence-corrected chi connectivity index (χ1v) is 11.8. The number of carbonyl (C=O) groups excluding carboxylic acids is 1. The van der Waals surface area contributed by atoms with E-state index in [0.717, 1.165) is 44.2 Å². The van der Waals surface area contributed by atoms with Crippen molar-refractivity contribution in [1.82, 2.24) is 15.3 Å². The molecule has 0 saturated carbocycles. The van der Waals surface area contributed by atoms with Gasteiger partial charge in [0.05, 0.1) is 6.61 Å².